The van der Waals surface area contributed by atoms with Crippen molar-refractivity contribution in [3.8, 4) is 0 Å². The second-order valence-electron chi connectivity index (χ2n) is 7.20. The molecule has 3 nitrogen and oxygen atoms in total. The van der Waals surface area contributed by atoms with Crippen molar-refractivity contribution in [3.63, 3.8) is 0 Å². The van der Waals surface area contributed by atoms with Crippen molar-refractivity contribution >= 4 is 0 Å². The molecule has 1 aromatic rings. The summed E-state index contributed by atoms with van der Waals surface area (Å²) < 4.78 is 6.10. The van der Waals surface area contributed by atoms with E-state index in [1.54, 1.807) is 0 Å². The molecule has 1 saturated heterocycles. The third kappa shape index (κ3) is 7.78. The van der Waals surface area contributed by atoms with Gasteiger partial charge in [0.2, 0.25) is 0 Å². The zero-order valence-corrected chi connectivity index (χ0v) is 15.8. The van der Waals surface area contributed by atoms with Crippen LogP contribution in [0.25, 0.3) is 0 Å². The molecule has 0 N–H and O–H groups in total. The molecule has 3 heteroatoms. The summed E-state index contributed by atoms with van der Waals surface area (Å²) in [5, 5.41) is 0. The van der Waals surface area contributed by atoms with Gasteiger partial charge in [-0.3, -0.25) is 4.90 Å². The van der Waals surface area contributed by atoms with E-state index in [4.69, 9.17) is 4.74 Å². The second-order valence-corrected chi connectivity index (χ2v) is 7.20. The zero-order chi connectivity index (χ0) is 17.0. The van der Waals surface area contributed by atoms with Gasteiger partial charge >= 0.3 is 0 Å². The van der Waals surface area contributed by atoms with Gasteiger partial charge in [-0.1, -0.05) is 50.1 Å². The summed E-state index contributed by atoms with van der Waals surface area (Å²) in [6.07, 6.45) is 7.98. The van der Waals surface area contributed by atoms with Crippen molar-refractivity contribution in [2.75, 3.05) is 39.8 Å². The highest BCUT2D eigenvalue weighted by molar-refractivity contribution is 5.14. The SMILES string of the molecule is CCCCCN(C)CCCOC1CCN(Cc2ccccc2)CC1. The minimum Gasteiger partial charge on any atom is -0.378 e. The Kier molecular flexibility index (Phi) is 9.40. The van der Waals surface area contributed by atoms with Gasteiger partial charge in [-0.25, -0.2) is 0 Å². The van der Waals surface area contributed by atoms with Gasteiger partial charge in [-0.2, -0.15) is 0 Å². The van der Waals surface area contributed by atoms with Gasteiger partial charge in [0.15, 0.2) is 0 Å². The van der Waals surface area contributed by atoms with Crippen LogP contribution in [0.3, 0.4) is 0 Å². The number of benzene rings is 1. The van der Waals surface area contributed by atoms with Crippen LogP contribution in [-0.2, 0) is 11.3 Å². The maximum Gasteiger partial charge on any atom is 0.0599 e. The summed E-state index contributed by atoms with van der Waals surface area (Å²) in [4.78, 5) is 5.00. The van der Waals surface area contributed by atoms with Crippen LogP contribution in [-0.4, -0.2) is 55.7 Å². The molecule has 0 aliphatic carbocycles. The smallest absolute Gasteiger partial charge is 0.0599 e. The fraction of sp³-hybridized carbons (Fsp3) is 0.714. The van der Waals surface area contributed by atoms with Gasteiger partial charge in [-0.05, 0) is 44.8 Å². The predicted octanol–water partition coefficient (Wildman–Crippen LogP) is 4.18. The van der Waals surface area contributed by atoms with Crippen LogP contribution in [0.2, 0.25) is 0 Å². The molecule has 0 saturated carbocycles. The minimum absolute atomic E-state index is 0.474. The molecule has 1 fully saturated rings. The lowest BCUT2D eigenvalue weighted by molar-refractivity contribution is 0.00288. The lowest BCUT2D eigenvalue weighted by Gasteiger charge is -2.32. The number of hydrogen-bond acceptors (Lipinski definition) is 3. The van der Waals surface area contributed by atoms with E-state index in [1.165, 1.54) is 44.2 Å². The maximum atomic E-state index is 6.10. The molecule has 0 atom stereocenters. The Morgan fingerprint density at radius 3 is 2.46 bits per heavy atom. The average molecular weight is 333 g/mol. The molecule has 1 heterocycles. The normalized spacial score (nSPS) is 16.8. The quantitative estimate of drug-likeness (QED) is 0.565. The van der Waals surface area contributed by atoms with Crippen molar-refractivity contribution in [3.05, 3.63) is 35.9 Å². The third-order valence-electron chi connectivity index (χ3n) is 4.96. The first-order valence-corrected chi connectivity index (χ1v) is 9.84. The number of hydrogen-bond donors (Lipinski definition) is 0. The lowest BCUT2D eigenvalue weighted by Crippen LogP contribution is -2.36. The first-order valence-electron chi connectivity index (χ1n) is 9.84. The Bertz CT molecular complexity index is 415. The Labute approximate surface area is 149 Å². The number of nitrogens with zero attached hydrogens (tertiary/aromatic N) is 2. The highest BCUT2D eigenvalue weighted by atomic mass is 16.5. The van der Waals surface area contributed by atoms with Crippen LogP contribution < -0.4 is 0 Å². The molecule has 0 spiro atoms. The molecule has 1 aliphatic rings. The average Bonchev–Trinajstić information content (AvgIpc) is 2.61. The Morgan fingerprint density at radius 2 is 1.75 bits per heavy atom. The van der Waals surface area contributed by atoms with Crippen LogP contribution in [0.15, 0.2) is 30.3 Å². The van der Waals surface area contributed by atoms with Crippen LogP contribution in [0.5, 0.6) is 0 Å². The Morgan fingerprint density at radius 1 is 1.04 bits per heavy atom. The maximum absolute atomic E-state index is 6.10. The summed E-state index contributed by atoms with van der Waals surface area (Å²) >= 11 is 0. The summed E-state index contributed by atoms with van der Waals surface area (Å²) in [5.74, 6) is 0. The number of rotatable bonds is 11. The first-order chi connectivity index (χ1) is 11.8. The second kappa shape index (κ2) is 11.6. The summed E-state index contributed by atoms with van der Waals surface area (Å²) in [6, 6.07) is 10.8. The van der Waals surface area contributed by atoms with E-state index < -0.39 is 0 Å². The first kappa shape index (κ1) is 19.4. The molecule has 24 heavy (non-hydrogen) atoms. The topological polar surface area (TPSA) is 15.7 Å². The van der Waals surface area contributed by atoms with Crippen molar-refractivity contribution in [1.82, 2.24) is 9.80 Å². The standard InChI is InChI=1S/C21H36N2O/c1-3-4-8-14-22(2)15-9-18-24-21-12-16-23(17-13-21)19-20-10-6-5-7-11-20/h5-7,10-11,21H,3-4,8-9,12-19H2,1-2H3. The van der Waals surface area contributed by atoms with Gasteiger partial charge in [0.05, 0.1) is 6.10 Å². The van der Waals surface area contributed by atoms with Gasteiger partial charge < -0.3 is 9.64 Å². The van der Waals surface area contributed by atoms with E-state index in [-0.39, 0.29) is 0 Å². The molecule has 1 aromatic carbocycles. The zero-order valence-electron chi connectivity index (χ0n) is 15.8. The van der Waals surface area contributed by atoms with Crippen LogP contribution >= 0.6 is 0 Å². The van der Waals surface area contributed by atoms with E-state index in [9.17, 15) is 0 Å². The molecule has 0 aromatic heterocycles. The molecule has 0 bridgehead atoms. The van der Waals surface area contributed by atoms with E-state index >= 15 is 0 Å². The van der Waals surface area contributed by atoms with Crippen molar-refractivity contribution < 1.29 is 4.74 Å². The number of piperidine rings is 1. The van der Waals surface area contributed by atoms with Gasteiger partial charge in [0, 0.05) is 32.8 Å². The molecule has 2 rings (SSSR count). The summed E-state index contributed by atoms with van der Waals surface area (Å²) in [5.41, 5.74) is 1.42. The van der Waals surface area contributed by atoms with Gasteiger partial charge in [0.1, 0.15) is 0 Å². The van der Waals surface area contributed by atoms with Crippen molar-refractivity contribution in [2.24, 2.45) is 0 Å². The number of ether oxygens (including phenoxy) is 1. The number of likely N-dealkylation sites (tertiary alicyclic amines) is 1. The van der Waals surface area contributed by atoms with E-state index in [2.05, 4.69) is 54.1 Å². The molecule has 1 aliphatic heterocycles. The molecular formula is C21H36N2O. The van der Waals surface area contributed by atoms with E-state index in [1.807, 2.05) is 0 Å². The fourth-order valence-corrected chi connectivity index (χ4v) is 3.40. The molecular weight excluding hydrogens is 296 g/mol. The van der Waals surface area contributed by atoms with Crippen LogP contribution in [0, 0.1) is 0 Å². The fourth-order valence-electron chi connectivity index (χ4n) is 3.40. The Hall–Kier alpha value is -0.900. The van der Waals surface area contributed by atoms with Crippen molar-refractivity contribution in [2.45, 2.75) is 58.1 Å². The van der Waals surface area contributed by atoms with Gasteiger partial charge in [-0.15, -0.1) is 0 Å². The lowest BCUT2D eigenvalue weighted by atomic mass is 10.1. The third-order valence-corrected chi connectivity index (χ3v) is 4.96. The highest BCUT2D eigenvalue weighted by Crippen LogP contribution is 2.16. The van der Waals surface area contributed by atoms with Gasteiger partial charge in [0.25, 0.3) is 0 Å². The predicted molar refractivity (Wildman–Crippen MR) is 102 cm³/mol. The van der Waals surface area contributed by atoms with Crippen LogP contribution in [0.1, 0.15) is 51.0 Å². The minimum atomic E-state index is 0.474. The molecule has 0 amide bonds. The Balaban J connectivity index is 1.50. The summed E-state index contributed by atoms with van der Waals surface area (Å²) in [6.45, 7) is 8.98. The van der Waals surface area contributed by atoms with E-state index in [0.29, 0.717) is 6.10 Å². The molecule has 136 valence electrons. The number of unbranched alkanes of at least 4 members (excludes halogenated alkanes) is 2. The molecule has 0 unspecified atom stereocenters. The van der Waals surface area contributed by atoms with Crippen LogP contribution in [0.4, 0.5) is 0 Å². The van der Waals surface area contributed by atoms with E-state index in [0.717, 1.165) is 39.2 Å². The summed E-state index contributed by atoms with van der Waals surface area (Å²) in [7, 11) is 2.23. The monoisotopic (exact) mass is 332 g/mol. The highest BCUT2D eigenvalue weighted by Gasteiger charge is 2.19. The van der Waals surface area contributed by atoms with Crippen molar-refractivity contribution in [1.29, 1.82) is 0 Å². The molecule has 0 radical (unpaired) electrons. The largest absolute Gasteiger partial charge is 0.378 e.